The van der Waals surface area contributed by atoms with Crippen molar-refractivity contribution < 1.29 is 9.18 Å². The molecule has 2 aliphatic rings. The molecule has 0 N–H and O–H groups in total. The molecule has 0 spiro atoms. The fourth-order valence-electron chi connectivity index (χ4n) is 1.71. The number of hydrogen-bond donors (Lipinski definition) is 0. The Balaban J connectivity index is 2.17. The second kappa shape index (κ2) is 3.06. The summed E-state index contributed by atoms with van der Waals surface area (Å²) < 4.78 is 14.0. The van der Waals surface area contributed by atoms with Crippen molar-refractivity contribution in [1.82, 2.24) is 4.90 Å². The minimum Gasteiger partial charge on any atom is -0.273 e. The molecule has 2 heterocycles. The van der Waals surface area contributed by atoms with Gasteiger partial charge in [0.05, 0.1) is 11.4 Å². The quantitative estimate of drug-likeness (QED) is 0.630. The van der Waals surface area contributed by atoms with Gasteiger partial charge in [-0.05, 0) is 6.07 Å². The minimum atomic E-state index is -1.38. The molecule has 0 bridgehead atoms. The van der Waals surface area contributed by atoms with E-state index in [2.05, 4.69) is 4.99 Å². The number of para-hydroxylation sites is 1. The SMILES string of the molecule is O=C1CSC2=Nc3ccccc3C(F)N12. The second-order valence-corrected chi connectivity index (χ2v) is 4.28. The normalized spacial score (nSPS) is 23.5. The van der Waals surface area contributed by atoms with Gasteiger partial charge in [0.2, 0.25) is 12.2 Å². The number of alkyl halides is 1. The highest BCUT2D eigenvalue weighted by molar-refractivity contribution is 8.15. The lowest BCUT2D eigenvalue weighted by atomic mass is 10.1. The highest BCUT2D eigenvalue weighted by atomic mass is 32.2. The molecule has 1 aromatic carbocycles. The second-order valence-electron chi connectivity index (χ2n) is 3.34. The van der Waals surface area contributed by atoms with Crippen LogP contribution in [0.2, 0.25) is 0 Å². The molecule has 1 saturated heterocycles. The van der Waals surface area contributed by atoms with Crippen LogP contribution in [0.5, 0.6) is 0 Å². The number of halogens is 1. The van der Waals surface area contributed by atoms with Crippen molar-refractivity contribution in [3.8, 4) is 0 Å². The maximum Gasteiger partial charge on any atom is 0.241 e. The number of amidine groups is 1. The average molecular weight is 222 g/mol. The highest BCUT2D eigenvalue weighted by Crippen LogP contribution is 2.40. The molecule has 1 amide bonds. The molecule has 1 unspecified atom stereocenters. The molecular weight excluding hydrogens is 215 g/mol. The van der Waals surface area contributed by atoms with Gasteiger partial charge in [-0.3, -0.25) is 9.69 Å². The van der Waals surface area contributed by atoms with Crippen molar-refractivity contribution in [3.05, 3.63) is 29.8 Å². The van der Waals surface area contributed by atoms with Crippen molar-refractivity contribution >= 4 is 28.5 Å². The first-order valence-electron chi connectivity index (χ1n) is 4.54. The van der Waals surface area contributed by atoms with Crippen LogP contribution in [0.15, 0.2) is 29.3 Å². The molecule has 1 atom stereocenters. The number of thioether (sulfide) groups is 1. The van der Waals surface area contributed by atoms with Gasteiger partial charge in [-0.1, -0.05) is 30.0 Å². The summed E-state index contributed by atoms with van der Waals surface area (Å²) in [7, 11) is 0. The smallest absolute Gasteiger partial charge is 0.241 e. The predicted molar refractivity (Wildman–Crippen MR) is 56.7 cm³/mol. The number of carbonyl (C=O) groups excluding carboxylic acids is 1. The van der Waals surface area contributed by atoms with E-state index in [9.17, 15) is 9.18 Å². The lowest BCUT2D eigenvalue weighted by Gasteiger charge is -2.25. The third-order valence-corrected chi connectivity index (χ3v) is 3.37. The predicted octanol–water partition coefficient (Wildman–Crippen LogP) is 2.23. The number of benzene rings is 1. The molecule has 3 nitrogen and oxygen atoms in total. The number of nitrogens with zero attached hydrogens (tertiary/aromatic N) is 2. The summed E-state index contributed by atoms with van der Waals surface area (Å²) in [5, 5.41) is 0.478. The zero-order valence-electron chi connectivity index (χ0n) is 7.68. The van der Waals surface area contributed by atoms with Crippen LogP contribution in [0, 0.1) is 0 Å². The Morgan fingerprint density at radius 2 is 2.27 bits per heavy atom. The zero-order chi connectivity index (χ0) is 10.4. The topological polar surface area (TPSA) is 32.7 Å². The van der Waals surface area contributed by atoms with E-state index < -0.39 is 6.30 Å². The maximum atomic E-state index is 14.0. The Kier molecular flexibility index (Phi) is 1.82. The van der Waals surface area contributed by atoms with Crippen LogP contribution in [0.25, 0.3) is 0 Å². The average Bonchev–Trinajstić information content (AvgIpc) is 2.61. The number of fused-ring (bicyclic) bond motifs is 2. The van der Waals surface area contributed by atoms with Crippen LogP contribution in [0.3, 0.4) is 0 Å². The summed E-state index contributed by atoms with van der Waals surface area (Å²) in [5.41, 5.74) is 1.09. The molecule has 0 aromatic heterocycles. The van der Waals surface area contributed by atoms with E-state index in [1.807, 2.05) is 6.07 Å². The molecule has 0 saturated carbocycles. The summed E-state index contributed by atoms with van der Waals surface area (Å²) >= 11 is 1.29. The van der Waals surface area contributed by atoms with Gasteiger partial charge in [0.1, 0.15) is 0 Å². The third kappa shape index (κ3) is 1.19. The van der Waals surface area contributed by atoms with Crippen LogP contribution in [0.1, 0.15) is 11.9 Å². The van der Waals surface area contributed by atoms with Crippen LogP contribution in [-0.4, -0.2) is 21.7 Å². The zero-order valence-corrected chi connectivity index (χ0v) is 8.50. The van der Waals surface area contributed by atoms with E-state index in [1.54, 1.807) is 18.2 Å². The lowest BCUT2D eigenvalue weighted by Crippen LogP contribution is -2.33. The number of amides is 1. The van der Waals surface area contributed by atoms with Crippen LogP contribution in [0.4, 0.5) is 10.1 Å². The molecule has 0 radical (unpaired) electrons. The molecule has 76 valence electrons. The van der Waals surface area contributed by atoms with Crippen molar-refractivity contribution in [2.75, 3.05) is 5.75 Å². The molecule has 1 fully saturated rings. The van der Waals surface area contributed by atoms with E-state index in [1.165, 1.54) is 11.8 Å². The van der Waals surface area contributed by atoms with Crippen LogP contribution >= 0.6 is 11.8 Å². The standard InChI is InChI=1S/C10H7FN2OS/c11-9-6-3-1-2-4-7(6)12-10-13(9)8(14)5-15-10/h1-4,9H,5H2. The van der Waals surface area contributed by atoms with E-state index in [0.29, 0.717) is 16.4 Å². The van der Waals surface area contributed by atoms with Crippen molar-refractivity contribution in [2.45, 2.75) is 6.30 Å². The number of carbonyl (C=O) groups is 1. The molecule has 1 aromatic rings. The Morgan fingerprint density at radius 3 is 3.13 bits per heavy atom. The van der Waals surface area contributed by atoms with Gasteiger partial charge in [-0.15, -0.1) is 0 Å². The van der Waals surface area contributed by atoms with Crippen molar-refractivity contribution in [1.29, 1.82) is 0 Å². The molecule has 0 aliphatic carbocycles. The van der Waals surface area contributed by atoms with Gasteiger partial charge in [-0.25, -0.2) is 9.38 Å². The molecule has 2 aliphatic heterocycles. The van der Waals surface area contributed by atoms with E-state index in [0.717, 1.165) is 4.90 Å². The first-order chi connectivity index (χ1) is 7.27. The first-order valence-corrected chi connectivity index (χ1v) is 5.52. The van der Waals surface area contributed by atoms with Gasteiger partial charge < -0.3 is 0 Å². The summed E-state index contributed by atoms with van der Waals surface area (Å²) in [6, 6.07) is 6.98. The molecule has 15 heavy (non-hydrogen) atoms. The number of rotatable bonds is 0. The molecule has 5 heteroatoms. The Morgan fingerprint density at radius 1 is 1.47 bits per heavy atom. The van der Waals surface area contributed by atoms with Crippen LogP contribution in [-0.2, 0) is 4.79 Å². The monoisotopic (exact) mass is 222 g/mol. The summed E-state index contributed by atoms with van der Waals surface area (Å²) in [6.45, 7) is 0. The van der Waals surface area contributed by atoms with Gasteiger partial charge >= 0.3 is 0 Å². The summed E-state index contributed by atoms with van der Waals surface area (Å²) in [4.78, 5) is 16.8. The third-order valence-electron chi connectivity index (χ3n) is 2.44. The van der Waals surface area contributed by atoms with Gasteiger partial charge in [-0.2, -0.15) is 0 Å². The fourth-order valence-corrected chi connectivity index (χ4v) is 2.60. The van der Waals surface area contributed by atoms with E-state index >= 15 is 0 Å². The Bertz CT molecular complexity index is 474. The van der Waals surface area contributed by atoms with Gasteiger partial charge in [0.15, 0.2) is 5.17 Å². The maximum absolute atomic E-state index is 14.0. The van der Waals surface area contributed by atoms with E-state index in [-0.39, 0.29) is 11.7 Å². The van der Waals surface area contributed by atoms with Crippen molar-refractivity contribution in [3.63, 3.8) is 0 Å². The van der Waals surface area contributed by atoms with Gasteiger partial charge in [0.25, 0.3) is 0 Å². The summed E-state index contributed by atoms with van der Waals surface area (Å²) in [6.07, 6.45) is -1.38. The number of hydrogen-bond acceptors (Lipinski definition) is 3. The number of aliphatic imine (C=N–C) groups is 1. The summed E-state index contributed by atoms with van der Waals surface area (Å²) in [5.74, 6) is 0.0773. The Labute approximate surface area is 90.0 Å². The Hall–Kier alpha value is -1.36. The largest absolute Gasteiger partial charge is 0.273 e. The molecular formula is C10H7FN2OS. The first kappa shape index (κ1) is 8.91. The highest BCUT2D eigenvalue weighted by Gasteiger charge is 2.39. The van der Waals surface area contributed by atoms with Crippen LogP contribution < -0.4 is 0 Å². The minimum absolute atomic E-state index is 0.208. The van der Waals surface area contributed by atoms with E-state index in [4.69, 9.17) is 0 Å². The van der Waals surface area contributed by atoms with Crippen molar-refractivity contribution in [2.24, 2.45) is 4.99 Å². The van der Waals surface area contributed by atoms with Gasteiger partial charge in [0, 0.05) is 5.56 Å². The lowest BCUT2D eigenvalue weighted by molar-refractivity contribution is -0.128. The fraction of sp³-hybridized carbons (Fsp3) is 0.200. The molecule has 3 rings (SSSR count).